The van der Waals surface area contributed by atoms with Gasteiger partial charge in [0.15, 0.2) is 11.5 Å². The predicted octanol–water partition coefficient (Wildman–Crippen LogP) is 5.27. The van der Waals surface area contributed by atoms with E-state index < -0.39 is 0 Å². The van der Waals surface area contributed by atoms with Crippen molar-refractivity contribution >= 4 is 16.9 Å². The molecule has 3 N–H and O–H groups in total. The van der Waals surface area contributed by atoms with Gasteiger partial charge >= 0.3 is 6.03 Å². The molecule has 7 heteroatoms. The Labute approximate surface area is 194 Å². The van der Waals surface area contributed by atoms with Crippen molar-refractivity contribution in [2.45, 2.75) is 45.2 Å². The highest BCUT2D eigenvalue weighted by atomic mass is 16.5. The summed E-state index contributed by atoms with van der Waals surface area (Å²) < 4.78 is 16.2. The number of urea groups is 1. The number of rotatable bonds is 7. The van der Waals surface area contributed by atoms with Crippen LogP contribution in [0, 0.1) is 5.92 Å². The topological polar surface area (TPSA) is 84.6 Å². The molecule has 2 amide bonds. The van der Waals surface area contributed by atoms with Gasteiger partial charge in [0.1, 0.15) is 5.75 Å². The van der Waals surface area contributed by atoms with Gasteiger partial charge in [0.25, 0.3) is 0 Å². The van der Waals surface area contributed by atoms with Gasteiger partial charge in [-0.05, 0) is 66.6 Å². The van der Waals surface area contributed by atoms with Gasteiger partial charge in [0.05, 0.1) is 33.4 Å². The van der Waals surface area contributed by atoms with Crippen LogP contribution in [-0.2, 0) is 6.42 Å². The molecule has 0 fully saturated rings. The third-order valence-corrected chi connectivity index (χ3v) is 6.44. The molecule has 2 unspecified atom stereocenters. The number of hydrogen-bond donors (Lipinski definition) is 3. The van der Waals surface area contributed by atoms with E-state index in [1.54, 1.807) is 21.3 Å². The van der Waals surface area contributed by atoms with Crippen LogP contribution < -0.4 is 24.8 Å². The van der Waals surface area contributed by atoms with Crippen molar-refractivity contribution in [1.29, 1.82) is 0 Å². The molecular weight excluding hydrogens is 418 g/mol. The van der Waals surface area contributed by atoms with Crippen molar-refractivity contribution in [3.63, 3.8) is 0 Å². The van der Waals surface area contributed by atoms with E-state index >= 15 is 0 Å². The zero-order valence-corrected chi connectivity index (χ0v) is 20.0. The van der Waals surface area contributed by atoms with Crippen LogP contribution in [0.3, 0.4) is 0 Å². The number of hydrogen-bond acceptors (Lipinski definition) is 4. The van der Waals surface area contributed by atoms with Crippen molar-refractivity contribution in [3.8, 4) is 17.2 Å². The first-order valence-corrected chi connectivity index (χ1v) is 11.4. The number of aromatic amines is 1. The normalized spacial score (nSPS) is 16.2. The molecule has 1 aromatic heterocycles. The molecule has 0 spiro atoms. The Bertz CT molecular complexity index is 1140. The summed E-state index contributed by atoms with van der Waals surface area (Å²) in [5.41, 5.74) is 4.40. The van der Waals surface area contributed by atoms with Crippen LogP contribution in [0.4, 0.5) is 4.79 Å². The Morgan fingerprint density at radius 2 is 1.82 bits per heavy atom. The van der Waals surface area contributed by atoms with Crippen LogP contribution in [0.1, 0.15) is 55.6 Å². The van der Waals surface area contributed by atoms with Gasteiger partial charge in [-0.1, -0.05) is 19.9 Å². The lowest BCUT2D eigenvalue weighted by Gasteiger charge is -2.27. The first-order valence-electron chi connectivity index (χ1n) is 11.4. The molecule has 2 atom stereocenters. The molecule has 0 aliphatic heterocycles. The maximum absolute atomic E-state index is 13.1. The third-order valence-electron chi connectivity index (χ3n) is 6.44. The van der Waals surface area contributed by atoms with Crippen LogP contribution in [-0.4, -0.2) is 32.3 Å². The number of aryl methyl sites for hydroxylation is 1. The summed E-state index contributed by atoms with van der Waals surface area (Å²) >= 11 is 0. The second-order valence-corrected chi connectivity index (χ2v) is 8.83. The Morgan fingerprint density at radius 1 is 1.03 bits per heavy atom. The van der Waals surface area contributed by atoms with Gasteiger partial charge in [-0.3, -0.25) is 0 Å². The molecule has 0 radical (unpaired) electrons. The van der Waals surface area contributed by atoms with E-state index in [0.717, 1.165) is 41.8 Å². The van der Waals surface area contributed by atoms with Crippen LogP contribution in [0.25, 0.3) is 10.9 Å². The number of carbonyl (C=O) groups is 1. The molecule has 33 heavy (non-hydrogen) atoms. The molecule has 4 rings (SSSR count). The molecule has 1 aliphatic carbocycles. The largest absolute Gasteiger partial charge is 0.497 e. The fourth-order valence-corrected chi connectivity index (χ4v) is 4.74. The number of carbonyl (C=O) groups excluding carboxylic acids is 1. The van der Waals surface area contributed by atoms with Crippen molar-refractivity contribution in [2.24, 2.45) is 5.92 Å². The minimum atomic E-state index is -0.183. The van der Waals surface area contributed by atoms with E-state index in [0.29, 0.717) is 11.5 Å². The highest BCUT2D eigenvalue weighted by molar-refractivity contribution is 5.87. The zero-order valence-electron chi connectivity index (χ0n) is 20.0. The number of aromatic nitrogens is 1. The first-order chi connectivity index (χ1) is 15.9. The summed E-state index contributed by atoms with van der Waals surface area (Å²) in [6, 6.07) is 11.4. The highest BCUT2D eigenvalue weighted by Crippen LogP contribution is 2.36. The van der Waals surface area contributed by atoms with Gasteiger partial charge in [0.2, 0.25) is 0 Å². The minimum Gasteiger partial charge on any atom is -0.497 e. The Balaban J connectivity index is 1.54. The molecule has 7 nitrogen and oxygen atoms in total. The van der Waals surface area contributed by atoms with E-state index in [-0.39, 0.29) is 24.0 Å². The van der Waals surface area contributed by atoms with Gasteiger partial charge in [-0.2, -0.15) is 0 Å². The molecule has 3 aromatic rings. The van der Waals surface area contributed by atoms with Gasteiger partial charge < -0.3 is 29.8 Å². The molecule has 2 aromatic carbocycles. The molecule has 0 bridgehead atoms. The number of methoxy groups -OCH3 is 3. The summed E-state index contributed by atoms with van der Waals surface area (Å²) in [5.74, 6) is 2.34. The molecular formula is C26H33N3O4. The second-order valence-electron chi connectivity index (χ2n) is 8.83. The Morgan fingerprint density at radius 3 is 2.52 bits per heavy atom. The maximum atomic E-state index is 13.1. The summed E-state index contributed by atoms with van der Waals surface area (Å²) in [4.78, 5) is 16.6. The lowest BCUT2D eigenvalue weighted by Crippen LogP contribution is -2.42. The number of ether oxygens (including phenoxy) is 3. The average molecular weight is 452 g/mol. The average Bonchev–Trinajstić information content (AvgIpc) is 3.20. The van der Waals surface area contributed by atoms with Crippen molar-refractivity contribution in [3.05, 3.63) is 53.2 Å². The first kappa shape index (κ1) is 22.8. The number of benzene rings is 2. The molecule has 1 heterocycles. The fourth-order valence-electron chi connectivity index (χ4n) is 4.74. The molecule has 176 valence electrons. The van der Waals surface area contributed by atoms with E-state index in [1.807, 2.05) is 30.3 Å². The SMILES string of the molecule is COc1ccc2[nH]c3c(c2c1)CCCC3NC(=O)NC(c1ccc(OC)c(OC)c1)C(C)C. The van der Waals surface area contributed by atoms with E-state index in [1.165, 1.54) is 10.9 Å². The monoisotopic (exact) mass is 451 g/mol. The number of nitrogens with one attached hydrogen (secondary N) is 3. The van der Waals surface area contributed by atoms with Crippen LogP contribution in [0.15, 0.2) is 36.4 Å². The zero-order chi connectivity index (χ0) is 23.5. The summed E-state index contributed by atoms with van der Waals surface area (Å²) in [6.45, 7) is 4.18. The Kier molecular flexibility index (Phi) is 6.67. The smallest absolute Gasteiger partial charge is 0.315 e. The molecule has 0 saturated heterocycles. The van der Waals surface area contributed by atoms with Crippen LogP contribution >= 0.6 is 0 Å². The standard InChI is InChI=1S/C26H33N3O4/c1-15(2)24(16-9-12-22(32-4)23(13-16)33-5)29-26(30)28-21-8-6-7-18-19-14-17(31-3)10-11-20(19)27-25(18)21/h9-15,21,24,27H,6-8H2,1-5H3,(H2,28,29,30). The van der Waals surface area contributed by atoms with E-state index in [9.17, 15) is 4.79 Å². The van der Waals surface area contributed by atoms with Gasteiger partial charge in [-0.25, -0.2) is 4.79 Å². The van der Waals surface area contributed by atoms with Crippen LogP contribution in [0.2, 0.25) is 0 Å². The number of amides is 2. The van der Waals surface area contributed by atoms with Crippen molar-refractivity contribution in [1.82, 2.24) is 15.6 Å². The predicted molar refractivity (Wildman–Crippen MR) is 129 cm³/mol. The lowest BCUT2D eigenvalue weighted by atomic mass is 9.91. The second kappa shape index (κ2) is 9.65. The molecule has 1 aliphatic rings. The quantitative estimate of drug-likeness (QED) is 0.457. The lowest BCUT2D eigenvalue weighted by molar-refractivity contribution is 0.227. The van der Waals surface area contributed by atoms with E-state index in [2.05, 4.69) is 35.5 Å². The molecule has 0 saturated carbocycles. The Hall–Kier alpha value is -3.35. The van der Waals surface area contributed by atoms with Gasteiger partial charge in [-0.15, -0.1) is 0 Å². The van der Waals surface area contributed by atoms with Crippen molar-refractivity contribution in [2.75, 3.05) is 21.3 Å². The number of fused-ring (bicyclic) bond motifs is 3. The summed E-state index contributed by atoms with van der Waals surface area (Å²) in [6.07, 6.45) is 2.90. The van der Waals surface area contributed by atoms with Crippen molar-refractivity contribution < 1.29 is 19.0 Å². The fraction of sp³-hybridized carbons (Fsp3) is 0.423. The van der Waals surface area contributed by atoms with E-state index in [4.69, 9.17) is 14.2 Å². The van der Waals surface area contributed by atoms with Gasteiger partial charge in [0, 0.05) is 16.6 Å². The highest BCUT2D eigenvalue weighted by Gasteiger charge is 2.27. The third kappa shape index (κ3) is 4.58. The summed E-state index contributed by atoms with van der Waals surface area (Å²) in [5, 5.41) is 7.54. The van der Waals surface area contributed by atoms with Crippen LogP contribution in [0.5, 0.6) is 17.2 Å². The number of H-pyrrole nitrogens is 1. The maximum Gasteiger partial charge on any atom is 0.315 e. The summed E-state index contributed by atoms with van der Waals surface area (Å²) in [7, 11) is 4.91. The minimum absolute atomic E-state index is 0.0645.